The minimum Gasteiger partial charge on any atom is -0.455 e. The van der Waals surface area contributed by atoms with Crippen molar-refractivity contribution < 1.29 is 9.53 Å². The Morgan fingerprint density at radius 2 is 2.06 bits per heavy atom. The van der Waals surface area contributed by atoms with Gasteiger partial charge in [0.2, 0.25) is 0 Å². The second kappa shape index (κ2) is 3.63. The summed E-state index contributed by atoms with van der Waals surface area (Å²) in [6.45, 7) is 5.50. The van der Waals surface area contributed by atoms with E-state index in [-0.39, 0.29) is 0 Å². The summed E-state index contributed by atoms with van der Waals surface area (Å²) in [5, 5.41) is 0.979. The van der Waals surface area contributed by atoms with Gasteiger partial charge in [-0.15, -0.1) is 0 Å². The normalized spacial score (nSPS) is 11.7. The van der Waals surface area contributed by atoms with E-state index in [1.807, 2.05) is 33.0 Å². The molecule has 0 saturated heterocycles. The number of carbonyl (C=O) groups is 1. The Bertz CT molecular complexity index is 523. The molecule has 16 heavy (non-hydrogen) atoms. The number of hydrogen-bond acceptors (Lipinski definition) is 3. The monoisotopic (exact) mass is 218 g/mol. The molecule has 2 rings (SSSR count). The maximum absolute atomic E-state index is 11.7. The summed E-state index contributed by atoms with van der Waals surface area (Å²) in [4.78, 5) is 18.9. The van der Waals surface area contributed by atoms with Gasteiger partial charge in [-0.1, -0.05) is 0 Å². The maximum Gasteiger partial charge on any atom is 0.357 e. The fourth-order valence-electron chi connectivity index (χ4n) is 1.38. The van der Waals surface area contributed by atoms with Crippen molar-refractivity contribution in [3.8, 4) is 0 Å². The molecule has 2 heterocycles. The Hall–Kier alpha value is -1.84. The number of nitrogens with one attached hydrogen (secondary N) is 1. The van der Waals surface area contributed by atoms with Crippen LogP contribution in [0.4, 0.5) is 0 Å². The summed E-state index contributed by atoms with van der Waals surface area (Å²) in [6.07, 6.45) is 3.59. The van der Waals surface area contributed by atoms with E-state index in [1.54, 1.807) is 12.3 Å². The molecule has 0 fully saturated rings. The maximum atomic E-state index is 11.7. The number of aromatic amines is 1. The van der Waals surface area contributed by atoms with Crippen LogP contribution in [0, 0.1) is 0 Å². The van der Waals surface area contributed by atoms with Gasteiger partial charge in [-0.25, -0.2) is 9.78 Å². The zero-order valence-electron chi connectivity index (χ0n) is 9.57. The first-order valence-corrected chi connectivity index (χ1v) is 5.12. The molecular formula is C12H14N2O2. The number of H-pyrrole nitrogens is 1. The number of nitrogens with zero attached hydrogens (tertiary/aromatic N) is 1. The van der Waals surface area contributed by atoms with Gasteiger partial charge in [-0.2, -0.15) is 0 Å². The van der Waals surface area contributed by atoms with E-state index in [0.29, 0.717) is 5.69 Å². The molecule has 0 atom stereocenters. The van der Waals surface area contributed by atoms with Crippen molar-refractivity contribution in [1.29, 1.82) is 0 Å². The van der Waals surface area contributed by atoms with Gasteiger partial charge in [0.05, 0.1) is 5.52 Å². The third-order valence-electron chi connectivity index (χ3n) is 2.02. The summed E-state index contributed by atoms with van der Waals surface area (Å²) < 4.78 is 5.24. The lowest BCUT2D eigenvalue weighted by Gasteiger charge is -2.18. The SMILES string of the molecule is CC(C)(C)OC(=O)c1ccc2c[nH]cc2n1. The van der Waals surface area contributed by atoms with Gasteiger partial charge >= 0.3 is 5.97 Å². The van der Waals surface area contributed by atoms with Gasteiger partial charge in [-0.05, 0) is 32.9 Å². The van der Waals surface area contributed by atoms with Crippen molar-refractivity contribution in [2.45, 2.75) is 26.4 Å². The van der Waals surface area contributed by atoms with E-state index in [2.05, 4.69) is 9.97 Å². The molecular weight excluding hydrogens is 204 g/mol. The van der Waals surface area contributed by atoms with Gasteiger partial charge < -0.3 is 9.72 Å². The van der Waals surface area contributed by atoms with E-state index in [4.69, 9.17) is 4.74 Å². The largest absolute Gasteiger partial charge is 0.455 e. The minimum absolute atomic E-state index is 0.335. The van der Waals surface area contributed by atoms with E-state index >= 15 is 0 Å². The van der Waals surface area contributed by atoms with Crippen molar-refractivity contribution in [1.82, 2.24) is 9.97 Å². The average molecular weight is 218 g/mol. The number of rotatable bonds is 1. The van der Waals surface area contributed by atoms with Crippen LogP contribution >= 0.6 is 0 Å². The lowest BCUT2D eigenvalue weighted by Crippen LogP contribution is -2.24. The summed E-state index contributed by atoms with van der Waals surface area (Å²) in [5.74, 6) is -0.393. The minimum atomic E-state index is -0.494. The van der Waals surface area contributed by atoms with Crippen molar-refractivity contribution in [2.24, 2.45) is 0 Å². The van der Waals surface area contributed by atoms with Crippen LogP contribution in [0.1, 0.15) is 31.3 Å². The Balaban J connectivity index is 2.29. The van der Waals surface area contributed by atoms with Gasteiger partial charge in [0.15, 0.2) is 0 Å². The number of hydrogen-bond donors (Lipinski definition) is 1. The molecule has 2 aromatic rings. The summed E-state index contributed by atoms with van der Waals surface area (Å²) in [6, 6.07) is 3.52. The van der Waals surface area contributed by atoms with Gasteiger partial charge in [0.25, 0.3) is 0 Å². The van der Waals surface area contributed by atoms with Crippen LogP contribution in [0.5, 0.6) is 0 Å². The van der Waals surface area contributed by atoms with Crippen LogP contribution in [0.3, 0.4) is 0 Å². The van der Waals surface area contributed by atoms with Gasteiger partial charge in [0.1, 0.15) is 11.3 Å². The first kappa shape index (κ1) is 10.7. The fourth-order valence-corrected chi connectivity index (χ4v) is 1.38. The average Bonchev–Trinajstić information content (AvgIpc) is 2.61. The van der Waals surface area contributed by atoms with E-state index in [1.165, 1.54) is 0 Å². The third-order valence-corrected chi connectivity index (χ3v) is 2.02. The van der Waals surface area contributed by atoms with Crippen molar-refractivity contribution in [3.63, 3.8) is 0 Å². The molecule has 0 aliphatic rings. The highest BCUT2D eigenvalue weighted by Crippen LogP contribution is 2.14. The van der Waals surface area contributed by atoms with Gasteiger partial charge in [0, 0.05) is 17.8 Å². The van der Waals surface area contributed by atoms with E-state index in [0.717, 1.165) is 10.9 Å². The second-order valence-electron chi connectivity index (χ2n) is 4.63. The van der Waals surface area contributed by atoms with E-state index < -0.39 is 11.6 Å². The molecule has 0 spiro atoms. The third kappa shape index (κ3) is 2.21. The van der Waals surface area contributed by atoms with Crippen LogP contribution in [0.2, 0.25) is 0 Å². The van der Waals surface area contributed by atoms with Crippen LogP contribution in [0.15, 0.2) is 24.5 Å². The summed E-state index contributed by atoms with van der Waals surface area (Å²) in [7, 11) is 0. The van der Waals surface area contributed by atoms with Crippen LogP contribution < -0.4 is 0 Å². The van der Waals surface area contributed by atoms with Crippen molar-refractivity contribution in [2.75, 3.05) is 0 Å². The lowest BCUT2D eigenvalue weighted by molar-refractivity contribution is 0.00633. The molecule has 0 aromatic carbocycles. The summed E-state index contributed by atoms with van der Waals surface area (Å²) >= 11 is 0. The first-order valence-electron chi connectivity index (χ1n) is 5.12. The molecule has 0 bridgehead atoms. The highest BCUT2D eigenvalue weighted by molar-refractivity contribution is 5.91. The standard InChI is InChI=1S/C12H14N2O2/c1-12(2,3)16-11(15)9-5-4-8-6-13-7-10(8)14-9/h4-7,13H,1-3H3. The number of esters is 1. The molecule has 1 N–H and O–H groups in total. The molecule has 0 saturated carbocycles. The topological polar surface area (TPSA) is 55.0 Å². The Kier molecular flexibility index (Phi) is 2.42. The second-order valence-corrected chi connectivity index (χ2v) is 4.63. The molecule has 0 aliphatic carbocycles. The Morgan fingerprint density at radius 1 is 1.31 bits per heavy atom. The van der Waals surface area contributed by atoms with Crippen LogP contribution in [-0.2, 0) is 4.74 Å². The van der Waals surface area contributed by atoms with Crippen LogP contribution in [-0.4, -0.2) is 21.5 Å². The predicted molar refractivity (Wildman–Crippen MR) is 61.3 cm³/mol. The lowest BCUT2D eigenvalue weighted by atomic mass is 10.2. The van der Waals surface area contributed by atoms with Gasteiger partial charge in [-0.3, -0.25) is 0 Å². The number of fused-ring (bicyclic) bond motifs is 1. The molecule has 4 heteroatoms. The molecule has 0 unspecified atom stereocenters. The Morgan fingerprint density at radius 3 is 2.75 bits per heavy atom. The zero-order valence-corrected chi connectivity index (χ0v) is 9.57. The molecule has 4 nitrogen and oxygen atoms in total. The fraction of sp³-hybridized carbons (Fsp3) is 0.333. The quantitative estimate of drug-likeness (QED) is 0.748. The van der Waals surface area contributed by atoms with Crippen molar-refractivity contribution >= 4 is 16.9 Å². The van der Waals surface area contributed by atoms with E-state index in [9.17, 15) is 4.79 Å². The molecule has 2 aromatic heterocycles. The smallest absolute Gasteiger partial charge is 0.357 e. The van der Waals surface area contributed by atoms with Crippen molar-refractivity contribution in [3.05, 3.63) is 30.2 Å². The molecule has 84 valence electrons. The highest BCUT2D eigenvalue weighted by atomic mass is 16.6. The molecule has 0 radical (unpaired) electrons. The first-order chi connectivity index (χ1) is 7.46. The summed E-state index contributed by atoms with van der Waals surface area (Å²) in [5.41, 5.74) is 0.608. The Labute approximate surface area is 93.6 Å². The molecule has 0 aliphatic heterocycles. The molecule has 0 amide bonds. The number of pyridine rings is 1. The van der Waals surface area contributed by atoms with Crippen LogP contribution in [0.25, 0.3) is 10.9 Å². The predicted octanol–water partition coefficient (Wildman–Crippen LogP) is 2.52. The highest BCUT2D eigenvalue weighted by Gasteiger charge is 2.18. The number of carbonyl (C=O) groups excluding carboxylic acids is 1. The zero-order chi connectivity index (χ0) is 11.8. The number of ether oxygens (including phenoxy) is 1. The number of aromatic nitrogens is 2.